The van der Waals surface area contributed by atoms with E-state index in [2.05, 4.69) is 45.8 Å². The second-order valence-electron chi connectivity index (χ2n) is 4.93. The molecule has 0 radical (unpaired) electrons. The number of nitrogens with zero attached hydrogens (tertiary/aromatic N) is 1. The number of nitrogens with one attached hydrogen (secondary N) is 2. The highest BCUT2D eigenvalue weighted by Crippen LogP contribution is 2.08. The van der Waals surface area contributed by atoms with Crippen molar-refractivity contribution in [2.45, 2.75) is 40.0 Å². The molecule has 0 unspecified atom stereocenters. The molecule has 0 aromatic heterocycles. The molecule has 4 nitrogen and oxygen atoms in total. The molecule has 22 heavy (non-hydrogen) atoms. The van der Waals surface area contributed by atoms with E-state index < -0.39 is 0 Å². The largest absolute Gasteiger partial charge is 0.374 e. The quantitative estimate of drug-likeness (QED) is 0.312. The number of terminal acetylenes is 1. The van der Waals surface area contributed by atoms with Crippen LogP contribution in [0.3, 0.4) is 0 Å². The summed E-state index contributed by atoms with van der Waals surface area (Å²) < 4.78 is 5.58. The van der Waals surface area contributed by atoms with Crippen molar-refractivity contribution in [3.63, 3.8) is 0 Å². The fourth-order valence-electron chi connectivity index (χ4n) is 1.65. The Morgan fingerprint density at radius 2 is 1.86 bits per heavy atom. The molecule has 1 aromatic rings. The number of rotatable bonds is 7. The second kappa shape index (κ2) is 12.3. The summed E-state index contributed by atoms with van der Waals surface area (Å²) in [5.74, 6) is 3.28. The summed E-state index contributed by atoms with van der Waals surface area (Å²) >= 11 is 0. The van der Waals surface area contributed by atoms with Crippen LogP contribution in [-0.4, -0.2) is 25.2 Å². The molecule has 0 fully saturated rings. The topological polar surface area (TPSA) is 45.7 Å². The van der Waals surface area contributed by atoms with Crippen LogP contribution in [0.4, 0.5) is 0 Å². The number of aliphatic imine (C=N–C) groups is 1. The maximum atomic E-state index is 5.58. The molecule has 0 aliphatic rings. The highest BCUT2D eigenvalue weighted by molar-refractivity contribution is 14.0. The van der Waals surface area contributed by atoms with E-state index in [1.165, 1.54) is 5.56 Å². The molecule has 2 N–H and O–H groups in total. The van der Waals surface area contributed by atoms with Gasteiger partial charge in [-0.15, -0.1) is 30.4 Å². The average molecular weight is 415 g/mol. The third-order valence-electron chi connectivity index (χ3n) is 2.73. The summed E-state index contributed by atoms with van der Waals surface area (Å²) in [6.45, 7) is 8.64. The Hall–Kier alpha value is -1.26. The Morgan fingerprint density at radius 1 is 1.23 bits per heavy atom. The van der Waals surface area contributed by atoms with Crippen LogP contribution in [0.5, 0.6) is 0 Å². The number of benzene rings is 1. The third kappa shape index (κ3) is 8.90. The minimum absolute atomic E-state index is 0. The zero-order valence-corrected chi connectivity index (χ0v) is 15.9. The summed E-state index contributed by atoms with van der Waals surface area (Å²) in [5.41, 5.74) is 2.33. The first-order valence-electron chi connectivity index (χ1n) is 7.30. The Balaban J connectivity index is 0.00000441. The molecule has 0 amide bonds. The normalized spacial score (nSPS) is 10.8. The highest BCUT2D eigenvalue weighted by Gasteiger charge is 1.99. The molecule has 0 spiro atoms. The van der Waals surface area contributed by atoms with Crippen molar-refractivity contribution in [2.75, 3.05) is 13.1 Å². The first-order chi connectivity index (χ1) is 10.2. The van der Waals surface area contributed by atoms with E-state index in [9.17, 15) is 0 Å². The van der Waals surface area contributed by atoms with Gasteiger partial charge in [-0.1, -0.05) is 30.2 Å². The zero-order valence-electron chi connectivity index (χ0n) is 13.6. The van der Waals surface area contributed by atoms with Gasteiger partial charge < -0.3 is 15.4 Å². The van der Waals surface area contributed by atoms with Crippen LogP contribution < -0.4 is 10.6 Å². The SMILES string of the molecule is C#CCNC(=NCc1ccc(COC(C)C)cc1)NCC.I. The van der Waals surface area contributed by atoms with Gasteiger partial charge in [0, 0.05) is 6.54 Å². The molecular weight excluding hydrogens is 389 g/mol. The van der Waals surface area contributed by atoms with E-state index in [1.54, 1.807) is 0 Å². The van der Waals surface area contributed by atoms with Crippen molar-refractivity contribution in [3.8, 4) is 12.3 Å². The lowest BCUT2D eigenvalue weighted by atomic mass is 10.1. The Labute approximate surface area is 151 Å². The molecule has 5 heteroatoms. The maximum absolute atomic E-state index is 5.58. The number of hydrogen-bond donors (Lipinski definition) is 2. The van der Waals surface area contributed by atoms with E-state index in [1.807, 2.05) is 20.8 Å². The summed E-state index contributed by atoms with van der Waals surface area (Å²) in [6.07, 6.45) is 5.49. The fraction of sp³-hybridized carbons (Fsp3) is 0.471. The van der Waals surface area contributed by atoms with E-state index in [4.69, 9.17) is 11.2 Å². The van der Waals surface area contributed by atoms with Crippen LogP contribution in [0.15, 0.2) is 29.3 Å². The van der Waals surface area contributed by atoms with Crippen molar-refractivity contribution >= 4 is 29.9 Å². The van der Waals surface area contributed by atoms with Gasteiger partial charge in [0.25, 0.3) is 0 Å². The second-order valence-corrected chi connectivity index (χ2v) is 4.93. The molecule has 0 aliphatic heterocycles. The van der Waals surface area contributed by atoms with Crippen LogP contribution in [-0.2, 0) is 17.9 Å². The molecule has 0 saturated carbocycles. The zero-order chi connectivity index (χ0) is 15.5. The van der Waals surface area contributed by atoms with Crippen LogP contribution in [0.25, 0.3) is 0 Å². The lowest BCUT2D eigenvalue weighted by Crippen LogP contribution is -2.37. The van der Waals surface area contributed by atoms with Crippen LogP contribution in [0.1, 0.15) is 31.9 Å². The smallest absolute Gasteiger partial charge is 0.192 e. The van der Waals surface area contributed by atoms with Crippen LogP contribution >= 0.6 is 24.0 Å². The molecule has 0 atom stereocenters. The van der Waals surface area contributed by atoms with Gasteiger partial charge in [0.15, 0.2) is 5.96 Å². The predicted octanol–water partition coefficient (Wildman–Crippen LogP) is 2.92. The first kappa shape index (κ1) is 20.7. The monoisotopic (exact) mass is 415 g/mol. The van der Waals surface area contributed by atoms with Gasteiger partial charge in [-0.05, 0) is 31.9 Å². The molecular formula is C17H26IN3O. The van der Waals surface area contributed by atoms with Crippen molar-refractivity contribution in [1.82, 2.24) is 10.6 Å². The van der Waals surface area contributed by atoms with Gasteiger partial charge in [-0.2, -0.15) is 0 Å². The van der Waals surface area contributed by atoms with Gasteiger partial charge >= 0.3 is 0 Å². The lowest BCUT2D eigenvalue weighted by molar-refractivity contribution is 0.0657. The molecule has 0 heterocycles. The lowest BCUT2D eigenvalue weighted by Gasteiger charge is -2.09. The summed E-state index contributed by atoms with van der Waals surface area (Å²) in [7, 11) is 0. The average Bonchev–Trinajstić information content (AvgIpc) is 2.49. The Morgan fingerprint density at radius 3 is 2.41 bits per heavy atom. The Bertz CT molecular complexity index is 478. The van der Waals surface area contributed by atoms with E-state index in [0.29, 0.717) is 19.7 Å². The molecule has 1 rings (SSSR count). The number of guanidine groups is 1. The van der Waals surface area contributed by atoms with Gasteiger partial charge in [-0.25, -0.2) is 4.99 Å². The van der Waals surface area contributed by atoms with Gasteiger partial charge in [-0.3, -0.25) is 0 Å². The maximum Gasteiger partial charge on any atom is 0.192 e. The van der Waals surface area contributed by atoms with Gasteiger partial charge in [0.2, 0.25) is 0 Å². The highest BCUT2D eigenvalue weighted by atomic mass is 127. The van der Waals surface area contributed by atoms with Gasteiger partial charge in [0.1, 0.15) is 0 Å². The number of hydrogen-bond acceptors (Lipinski definition) is 2. The molecule has 1 aromatic carbocycles. The Kier molecular flexibility index (Phi) is 11.6. The molecule has 0 bridgehead atoms. The predicted molar refractivity (Wildman–Crippen MR) is 103 cm³/mol. The van der Waals surface area contributed by atoms with E-state index in [-0.39, 0.29) is 30.1 Å². The summed E-state index contributed by atoms with van der Waals surface area (Å²) in [6, 6.07) is 8.31. The van der Waals surface area contributed by atoms with Crippen LogP contribution in [0, 0.1) is 12.3 Å². The van der Waals surface area contributed by atoms with Gasteiger partial charge in [0.05, 0.1) is 25.8 Å². The van der Waals surface area contributed by atoms with Crippen molar-refractivity contribution in [1.29, 1.82) is 0 Å². The summed E-state index contributed by atoms with van der Waals surface area (Å²) in [4.78, 5) is 4.49. The number of halogens is 1. The van der Waals surface area contributed by atoms with Crippen molar-refractivity contribution in [2.24, 2.45) is 4.99 Å². The fourth-order valence-corrected chi connectivity index (χ4v) is 1.65. The van der Waals surface area contributed by atoms with Crippen molar-refractivity contribution in [3.05, 3.63) is 35.4 Å². The van der Waals surface area contributed by atoms with Crippen LogP contribution in [0.2, 0.25) is 0 Å². The third-order valence-corrected chi connectivity index (χ3v) is 2.73. The molecule has 0 saturated heterocycles. The van der Waals surface area contributed by atoms with Crippen molar-refractivity contribution < 1.29 is 4.74 Å². The standard InChI is InChI=1S/C17H25N3O.HI/c1-5-11-19-17(18-6-2)20-12-15-7-9-16(10-8-15)13-21-14(3)4;/h1,7-10,14H,6,11-13H2,2-4H3,(H2,18,19,20);1H. The molecule has 0 aliphatic carbocycles. The number of ether oxygens (including phenoxy) is 1. The van der Waals surface area contributed by atoms with E-state index >= 15 is 0 Å². The van der Waals surface area contributed by atoms with E-state index in [0.717, 1.165) is 18.1 Å². The first-order valence-corrected chi connectivity index (χ1v) is 7.30. The minimum atomic E-state index is 0. The summed E-state index contributed by atoms with van der Waals surface area (Å²) in [5, 5.41) is 6.22. The molecule has 122 valence electrons. The minimum Gasteiger partial charge on any atom is -0.374 e.